The third kappa shape index (κ3) is 2.20. The van der Waals surface area contributed by atoms with Crippen LogP contribution in [0.4, 0.5) is 17.1 Å². The standard InChI is InChI=1S/C16H16N2O2/c1-20-16(19)12-6-8-13(9-7-12)18-11-10-17-14-4-2-3-5-15(14)18/h2-9,17H,10-11H2,1H3. The van der Waals surface area contributed by atoms with Crippen molar-refractivity contribution in [2.24, 2.45) is 0 Å². The van der Waals surface area contributed by atoms with Crippen LogP contribution in [-0.2, 0) is 4.74 Å². The number of para-hydroxylation sites is 2. The summed E-state index contributed by atoms with van der Waals surface area (Å²) in [6.45, 7) is 1.80. The van der Waals surface area contributed by atoms with Crippen molar-refractivity contribution in [3.63, 3.8) is 0 Å². The summed E-state index contributed by atoms with van der Waals surface area (Å²) in [5, 5.41) is 3.39. The summed E-state index contributed by atoms with van der Waals surface area (Å²) < 4.78 is 4.72. The highest BCUT2D eigenvalue weighted by atomic mass is 16.5. The quantitative estimate of drug-likeness (QED) is 0.850. The monoisotopic (exact) mass is 268 g/mol. The Morgan fingerprint density at radius 1 is 1.15 bits per heavy atom. The van der Waals surface area contributed by atoms with Crippen LogP contribution in [0.2, 0.25) is 0 Å². The van der Waals surface area contributed by atoms with E-state index < -0.39 is 0 Å². The summed E-state index contributed by atoms with van der Waals surface area (Å²) >= 11 is 0. The molecule has 1 heterocycles. The van der Waals surface area contributed by atoms with E-state index in [2.05, 4.69) is 22.3 Å². The molecule has 102 valence electrons. The fourth-order valence-electron chi connectivity index (χ4n) is 2.44. The number of esters is 1. The SMILES string of the molecule is COC(=O)c1ccc(N2CCNc3ccccc32)cc1. The minimum Gasteiger partial charge on any atom is -0.465 e. The molecule has 0 aliphatic carbocycles. The predicted molar refractivity (Wildman–Crippen MR) is 79.7 cm³/mol. The van der Waals surface area contributed by atoms with Gasteiger partial charge in [-0.2, -0.15) is 0 Å². The molecule has 2 aromatic rings. The first-order chi connectivity index (χ1) is 9.79. The molecule has 1 N–H and O–H groups in total. The number of rotatable bonds is 2. The Bertz CT molecular complexity index is 623. The fraction of sp³-hybridized carbons (Fsp3) is 0.188. The number of fused-ring (bicyclic) bond motifs is 1. The smallest absolute Gasteiger partial charge is 0.337 e. The molecule has 0 amide bonds. The van der Waals surface area contributed by atoms with Gasteiger partial charge in [0.2, 0.25) is 0 Å². The Hall–Kier alpha value is -2.49. The number of anilines is 3. The van der Waals surface area contributed by atoms with Crippen molar-refractivity contribution in [2.75, 3.05) is 30.4 Å². The second-order valence-corrected chi connectivity index (χ2v) is 4.63. The van der Waals surface area contributed by atoms with Crippen LogP contribution in [0.3, 0.4) is 0 Å². The zero-order valence-corrected chi connectivity index (χ0v) is 11.3. The molecule has 0 saturated carbocycles. The minimum atomic E-state index is -0.308. The highest BCUT2D eigenvalue weighted by Gasteiger charge is 2.17. The lowest BCUT2D eigenvalue weighted by Gasteiger charge is -2.32. The largest absolute Gasteiger partial charge is 0.465 e. The Balaban J connectivity index is 1.92. The van der Waals surface area contributed by atoms with E-state index in [4.69, 9.17) is 4.74 Å². The van der Waals surface area contributed by atoms with Gasteiger partial charge in [0.05, 0.1) is 24.0 Å². The van der Waals surface area contributed by atoms with Gasteiger partial charge in [-0.15, -0.1) is 0 Å². The van der Waals surface area contributed by atoms with E-state index in [1.807, 2.05) is 24.3 Å². The average molecular weight is 268 g/mol. The number of ether oxygens (including phenoxy) is 1. The molecular formula is C16H16N2O2. The summed E-state index contributed by atoms with van der Waals surface area (Å²) in [4.78, 5) is 13.7. The van der Waals surface area contributed by atoms with Crippen LogP contribution in [0, 0.1) is 0 Å². The molecule has 4 heteroatoms. The van der Waals surface area contributed by atoms with E-state index in [1.54, 1.807) is 12.1 Å². The van der Waals surface area contributed by atoms with E-state index >= 15 is 0 Å². The Morgan fingerprint density at radius 2 is 1.90 bits per heavy atom. The lowest BCUT2D eigenvalue weighted by molar-refractivity contribution is 0.0601. The molecule has 0 fully saturated rings. The van der Waals surface area contributed by atoms with Crippen LogP contribution in [0.15, 0.2) is 48.5 Å². The summed E-state index contributed by atoms with van der Waals surface area (Å²) in [6, 6.07) is 15.7. The summed E-state index contributed by atoms with van der Waals surface area (Å²) in [5.74, 6) is -0.308. The number of carbonyl (C=O) groups excluding carboxylic acids is 1. The van der Waals surface area contributed by atoms with Gasteiger partial charge in [0.15, 0.2) is 0 Å². The van der Waals surface area contributed by atoms with Crippen LogP contribution < -0.4 is 10.2 Å². The van der Waals surface area contributed by atoms with Crippen LogP contribution in [0.5, 0.6) is 0 Å². The van der Waals surface area contributed by atoms with E-state index in [9.17, 15) is 4.79 Å². The number of carbonyl (C=O) groups is 1. The molecule has 1 aliphatic heterocycles. The zero-order valence-electron chi connectivity index (χ0n) is 11.3. The summed E-state index contributed by atoms with van der Waals surface area (Å²) in [7, 11) is 1.39. The number of hydrogen-bond donors (Lipinski definition) is 1. The zero-order chi connectivity index (χ0) is 13.9. The highest BCUT2D eigenvalue weighted by Crippen LogP contribution is 2.34. The minimum absolute atomic E-state index is 0.308. The summed E-state index contributed by atoms with van der Waals surface area (Å²) in [5.41, 5.74) is 3.94. The maximum absolute atomic E-state index is 11.5. The predicted octanol–water partition coefficient (Wildman–Crippen LogP) is 3.04. The van der Waals surface area contributed by atoms with Crippen LogP contribution in [-0.4, -0.2) is 26.2 Å². The molecule has 0 saturated heterocycles. The lowest BCUT2D eigenvalue weighted by atomic mass is 10.1. The van der Waals surface area contributed by atoms with Gasteiger partial charge in [-0.25, -0.2) is 4.79 Å². The first kappa shape index (κ1) is 12.5. The molecule has 0 atom stereocenters. The van der Waals surface area contributed by atoms with Crippen molar-refractivity contribution in [3.05, 3.63) is 54.1 Å². The van der Waals surface area contributed by atoms with Crippen molar-refractivity contribution in [2.45, 2.75) is 0 Å². The maximum Gasteiger partial charge on any atom is 0.337 e. The lowest BCUT2D eigenvalue weighted by Crippen LogP contribution is -2.29. The molecule has 0 unspecified atom stereocenters. The normalized spacial score (nSPS) is 13.3. The maximum atomic E-state index is 11.5. The molecule has 4 nitrogen and oxygen atoms in total. The van der Waals surface area contributed by atoms with Crippen molar-refractivity contribution in [1.29, 1.82) is 0 Å². The molecule has 1 aliphatic rings. The van der Waals surface area contributed by atoms with Crippen molar-refractivity contribution < 1.29 is 9.53 Å². The van der Waals surface area contributed by atoms with Gasteiger partial charge in [0.25, 0.3) is 0 Å². The Labute approximate surface area is 118 Å². The second kappa shape index (κ2) is 5.25. The van der Waals surface area contributed by atoms with Gasteiger partial charge < -0.3 is 15.0 Å². The van der Waals surface area contributed by atoms with Crippen LogP contribution in [0.25, 0.3) is 0 Å². The van der Waals surface area contributed by atoms with Crippen molar-refractivity contribution in [1.82, 2.24) is 0 Å². The van der Waals surface area contributed by atoms with E-state index in [0.717, 1.165) is 30.2 Å². The Morgan fingerprint density at radius 3 is 2.65 bits per heavy atom. The number of hydrogen-bond acceptors (Lipinski definition) is 4. The van der Waals surface area contributed by atoms with Gasteiger partial charge in [0.1, 0.15) is 0 Å². The van der Waals surface area contributed by atoms with E-state index in [0.29, 0.717) is 5.56 Å². The third-order valence-electron chi connectivity index (χ3n) is 3.45. The molecule has 3 rings (SSSR count). The van der Waals surface area contributed by atoms with Gasteiger partial charge >= 0.3 is 5.97 Å². The first-order valence-corrected chi connectivity index (χ1v) is 6.58. The van der Waals surface area contributed by atoms with E-state index in [1.165, 1.54) is 7.11 Å². The summed E-state index contributed by atoms with van der Waals surface area (Å²) in [6.07, 6.45) is 0. The molecule has 2 aromatic carbocycles. The molecule has 20 heavy (non-hydrogen) atoms. The van der Waals surface area contributed by atoms with Crippen LogP contribution in [0.1, 0.15) is 10.4 Å². The van der Waals surface area contributed by atoms with Gasteiger partial charge in [0, 0.05) is 18.8 Å². The number of methoxy groups -OCH3 is 1. The second-order valence-electron chi connectivity index (χ2n) is 4.63. The highest BCUT2D eigenvalue weighted by molar-refractivity contribution is 5.90. The average Bonchev–Trinajstić information content (AvgIpc) is 2.54. The number of nitrogens with zero attached hydrogens (tertiary/aromatic N) is 1. The number of nitrogens with one attached hydrogen (secondary N) is 1. The first-order valence-electron chi connectivity index (χ1n) is 6.58. The molecular weight excluding hydrogens is 252 g/mol. The fourth-order valence-corrected chi connectivity index (χ4v) is 2.44. The van der Waals surface area contributed by atoms with Gasteiger partial charge in [-0.1, -0.05) is 12.1 Å². The van der Waals surface area contributed by atoms with Crippen molar-refractivity contribution >= 4 is 23.0 Å². The van der Waals surface area contributed by atoms with Gasteiger partial charge in [-0.05, 0) is 36.4 Å². The van der Waals surface area contributed by atoms with Crippen LogP contribution >= 0.6 is 0 Å². The molecule has 0 spiro atoms. The molecule has 0 aromatic heterocycles. The Kier molecular flexibility index (Phi) is 3.29. The molecule has 0 radical (unpaired) electrons. The molecule has 0 bridgehead atoms. The topological polar surface area (TPSA) is 41.6 Å². The number of benzene rings is 2. The van der Waals surface area contributed by atoms with Gasteiger partial charge in [-0.3, -0.25) is 0 Å². The van der Waals surface area contributed by atoms with E-state index in [-0.39, 0.29) is 5.97 Å². The third-order valence-corrected chi connectivity index (χ3v) is 3.45. The van der Waals surface area contributed by atoms with Crippen molar-refractivity contribution in [3.8, 4) is 0 Å².